The lowest BCUT2D eigenvalue weighted by atomic mass is 9.71. The third-order valence-electron chi connectivity index (χ3n) is 8.59. The molecule has 0 aromatic carbocycles. The molecule has 0 radical (unpaired) electrons. The van der Waals surface area contributed by atoms with Gasteiger partial charge in [0.1, 0.15) is 17.4 Å². The quantitative estimate of drug-likeness (QED) is 0.572. The molecule has 3 fully saturated rings. The topological polar surface area (TPSA) is 90.1 Å². The molecule has 5 rings (SSSR count). The highest BCUT2D eigenvalue weighted by molar-refractivity contribution is 5.97. The number of aromatic nitrogens is 1. The monoisotopic (exact) mass is 564 g/mol. The van der Waals surface area contributed by atoms with Crippen LogP contribution in [0.4, 0.5) is 19.0 Å². The van der Waals surface area contributed by atoms with Crippen LogP contribution in [0.15, 0.2) is 16.5 Å². The Morgan fingerprint density at radius 3 is 2.33 bits per heavy atom. The van der Waals surface area contributed by atoms with Crippen molar-refractivity contribution in [3.05, 3.63) is 23.5 Å². The fourth-order valence-corrected chi connectivity index (χ4v) is 6.49. The van der Waals surface area contributed by atoms with Gasteiger partial charge in [-0.3, -0.25) is 9.59 Å². The molecule has 2 aliphatic heterocycles. The smallest absolute Gasteiger partial charge is 0.408 e. The molecule has 1 aliphatic carbocycles. The number of piperazine rings is 1. The molecule has 0 spiro atoms. The van der Waals surface area contributed by atoms with Crippen molar-refractivity contribution < 1.29 is 32.3 Å². The second kappa shape index (κ2) is 9.36. The Hall–Kier alpha value is -2.82. The molecule has 40 heavy (non-hydrogen) atoms. The van der Waals surface area contributed by atoms with Gasteiger partial charge < -0.3 is 24.2 Å². The highest BCUT2D eigenvalue weighted by Gasteiger charge is 2.48. The molecule has 2 aromatic rings. The van der Waals surface area contributed by atoms with Crippen molar-refractivity contribution in [1.29, 1.82) is 0 Å². The molecule has 220 valence electrons. The summed E-state index contributed by atoms with van der Waals surface area (Å²) >= 11 is 0. The van der Waals surface area contributed by atoms with Gasteiger partial charge in [0.15, 0.2) is 11.3 Å². The molecular formula is C29H39F3N4O4. The number of hydrogen-bond acceptors (Lipinski definition) is 6. The summed E-state index contributed by atoms with van der Waals surface area (Å²) in [6, 6.07) is 1.60. The van der Waals surface area contributed by atoms with Gasteiger partial charge in [-0.05, 0) is 57.9 Å². The summed E-state index contributed by atoms with van der Waals surface area (Å²) < 4.78 is 47.3. The van der Waals surface area contributed by atoms with Crippen molar-refractivity contribution in [3.63, 3.8) is 0 Å². The highest BCUT2D eigenvalue weighted by atomic mass is 19.4. The van der Waals surface area contributed by atoms with Gasteiger partial charge in [0, 0.05) is 43.7 Å². The number of anilines is 1. The first-order valence-corrected chi connectivity index (χ1v) is 14.0. The Balaban J connectivity index is 1.42. The number of hydrogen-bond donors (Lipinski definition) is 1. The maximum Gasteiger partial charge on any atom is 0.408 e. The Kier molecular flexibility index (Phi) is 6.71. The van der Waals surface area contributed by atoms with E-state index in [1.165, 1.54) is 11.0 Å². The number of furan rings is 1. The van der Waals surface area contributed by atoms with Crippen LogP contribution in [0.5, 0.6) is 0 Å². The maximum atomic E-state index is 13.7. The van der Waals surface area contributed by atoms with E-state index in [2.05, 4.69) is 4.98 Å². The minimum atomic E-state index is -4.36. The maximum absolute atomic E-state index is 13.7. The summed E-state index contributed by atoms with van der Waals surface area (Å²) in [6.07, 6.45) is -3.04. The number of carbonyl (C=O) groups excluding carboxylic acids is 2. The van der Waals surface area contributed by atoms with E-state index in [4.69, 9.17) is 4.42 Å². The Morgan fingerprint density at radius 1 is 1.07 bits per heavy atom. The number of rotatable bonds is 3. The minimum absolute atomic E-state index is 0.000980. The van der Waals surface area contributed by atoms with Gasteiger partial charge in [-0.1, -0.05) is 20.8 Å². The number of amides is 2. The SMILES string of the molecule is CC(C)(C)c1cc(N2CCC[C@@H]2C(F)(F)F)nc2cc(C(=O)N3CCN(C(=O)[C@H]4C[C@](C)(O)C4)CC3(C)C)oc12. The van der Waals surface area contributed by atoms with E-state index >= 15 is 0 Å². The van der Waals surface area contributed by atoms with Gasteiger partial charge in [-0.15, -0.1) is 0 Å². The van der Waals surface area contributed by atoms with Gasteiger partial charge in [-0.2, -0.15) is 13.2 Å². The molecule has 1 atom stereocenters. The van der Waals surface area contributed by atoms with Crippen LogP contribution in [-0.2, 0) is 10.2 Å². The van der Waals surface area contributed by atoms with Crippen molar-refractivity contribution in [2.45, 2.75) is 96.0 Å². The minimum Gasteiger partial charge on any atom is -0.449 e. The molecule has 4 heterocycles. The lowest BCUT2D eigenvalue weighted by molar-refractivity contribution is -0.153. The van der Waals surface area contributed by atoms with E-state index in [0.29, 0.717) is 55.6 Å². The standard InChI is InChI=1S/C29H39F3N4O4/c1-26(2,3)18-12-22(35-9-7-8-21(35)29(30,31)32)33-19-13-20(40-23(18)19)25(38)36-11-10-34(16-27(36,4)5)24(37)17-14-28(6,39)15-17/h12-13,17,21,39H,7-11,14-16H2,1-6H3/t17-,21-,28-/m1/s1. The van der Waals surface area contributed by atoms with Crippen LogP contribution in [0.25, 0.3) is 11.1 Å². The number of aliphatic hydroxyl groups is 1. The van der Waals surface area contributed by atoms with Crippen LogP contribution in [0, 0.1) is 5.92 Å². The van der Waals surface area contributed by atoms with Crippen molar-refractivity contribution in [2.75, 3.05) is 31.1 Å². The van der Waals surface area contributed by atoms with Crippen LogP contribution in [-0.4, -0.2) is 81.2 Å². The molecule has 3 aliphatic rings. The predicted molar refractivity (Wildman–Crippen MR) is 144 cm³/mol. The van der Waals surface area contributed by atoms with Crippen molar-refractivity contribution in [1.82, 2.24) is 14.8 Å². The zero-order chi connectivity index (χ0) is 29.4. The van der Waals surface area contributed by atoms with E-state index in [1.807, 2.05) is 34.6 Å². The van der Waals surface area contributed by atoms with Crippen LogP contribution in [0.2, 0.25) is 0 Å². The molecule has 1 N–H and O–H groups in total. The summed E-state index contributed by atoms with van der Waals surface area (Å²) in [4.78, 5) is 36.0. The highest BCUT2D eigenvalue weighted by Crippen LogP contribution is 2.41. The summed E-state index contributed by atoms with van der Waals surface area (Å²) in [5, 5.41) is 10.0. The fourth-order valence-electron chi connectivity index (χ4n) is 6.49. The fraction of sp³-hybridized carbons (Fsp3) is 0.690. The number of nitrogens with zero attached hydrogens (tertiary/aromatic N) is 4. The molecule has 11 heteroatoms. The van der Waals surface area contributed by atoms with Crippen LogP contribution in [0.1, 0.15) is 83.3 Å². The van der Waals surface area contributed by atoms with Gasteiger partial charge in [0.2, 0.25) is 5.91 Å². The zero-order valence-corrected chi connectivity index (χ0v) is 24.1. The lowest BCUT2D eigenvalue weighted by Gasteiger charge is -2.49. The molecule has 0 bridgehead atoms. The first kappa shape index (κ1) is 28.7. The summed E-state index contributed by atoms with van der Waals surface area (Å²) in [6.45, 7) is 12.6. The van der Waals surface area contributed by atoms with Crippen molar-refractivity contribution in [3.8, 4) is 0 Å². The largest absolute Gasteiger partial charge is 0.449 e. The second-order valence-corrected chi connectivity index (χ2v) is 13.6. The third-order valence-corrected chi connectivity index (χ3v) is 8.59. The third kappa shape index (κ3) is 5.17. The Labute approximate surface area is 232 Å². The molecule has 0 unspecified atom stereocenters. The van der Waals surface area contributed by atoms with E-state index in [0.717, 1.165) is 0 Å². The zero-order valence-electron chi connectivity index (χ0n) is 24.1. The van der Waals surface area contributed by atoms with Gasteiger partial charge in [0.05, 0.1) is 11.1 Å². The Morgan fingerprint density at radius 2 is 1.75 bits per heavy atom. The first-order valence-electron chi connectivity index (χ1n) is 14.0. The van der Waals surface area contributed by atoms with Crippen LogP contribution in [0.3, 0.4) is 0 Å². The lowest BCUT2D eigenvalue weighted by Crippen LogP contribution is -2.63. The van der Waals surface area contributed by atoms with E-state index < -0.39 is 28.8 Å². The molecule has 2 saturated heterocycles. The average Bonchev–Trinajstić information content (AvgIpc) is 3.47. The van der Waals surface area contributed by atoms with E-state index in [9.17, 15) is 27.9 Å². The van der Waals surface area contributed by atoms with E-state index in [1.54, 1.807) is 22.8 Å². The van der Waals surface area contributed by atoms with Gasteiger partial charge >= 0.3 is 6.18 Å². The van der Waals surface area contributed by atoms with Gasteiger partial charge in [0.25, 0.3) is 5.91 Å². The van der Waals surface area contributed by atoms with Crippen LogP contribution >= 0.6 is 0 Å². The van der Waals surface area contributed by atoms with Gasteiger partial charge in [-0.25, -0.2) is 4.98 Å². The normalized spacial score (nSPS) is 27.3. The van der Waals surface area contributed by atoms with Crippen LogP contribution < -0.4 is 4.90 Å². The summed E-state index contributed by atoms with van der Waals surface area (Å²) in [5.74, 6) is -0.244. The molecule has 1 saturated carbocycles. The summed E-state index contributed by atoms with van der Waals surface area (Å²) in [5.41, 5.74) is -0.522. The predicted octanol–water partition coefficient (Wildman–Crippen LogP) is 4.88. The molecular weight excluding hydrogens is 525 g/mol. The van der Waals surface area contributed by atoms with Crippen molar-refractivity contribution in [2.24, 2.45) is 5.92 Å². The number of halogens is 3. The average molecular weight is 565 g/mol. The second-order valence-electron chi connectivity index (χ2n) is 13.6. The molecule has 8 nitrogen and oxygen atoms in total. The molecule has 2 amide bonds. The summed E-state index contributed by atoms with van der Waals surface area (Å²) in [7, 11) is 0. The Bertz CT molecular complexity index is 1320. The number of carbonyl (C=O) groups is 2. The first-order chi connectivity index (χ1) is 18.4. The number of fused-ring (bicyclic) bond motifs is 1. The van der Waals surface area contributed by atoms with Crippen molar-refractivity contribution >= 4 is 28.7 Å². The number of pyridine rings is 1. The van der Waals surface area contributed by atoms with E-state index in [-0.39, 0.29) is 42.3 Å². The molecule has 2 aromatic heterocycles. The number of alkyl halides is 3.